The second-order valence-electron chi connectivity index (χ2n) is 7.85. The number of rotatable bonds is 14. The zero-order valence-corrected chi connectivity index (χ0v) is 20.9. The van der Waals surface area contributed by atoms with E-state index in [1.807, 2.05) is 75.4 Å². The van der Waals surface area contributed by atoms with Crippen molar-refractivity contribution >= 4 is 15.5 Å². The maximum absolute atomic E-state index is 12.6. The normalized spacial score (nSPS) is 12.2. The number of hydrogen-bond donors (Lipinski definition) is 0. The predicted molar refractivity (Wildman–Crippen MR) is 134 cm³/mol. The lowest BCUT2D eigenvalue weighted by atomic mass is 10.1. The Bertz CT molecular complexity index is 1010. The lowest BCUT2D eigenvalue weighted by Crippen LogP contribution is -2.20. The molecule has 0 heterocycles. The van der Waals surface area contributed by atoms with Crippen LogP contribution < -0.4 is 9.47 Å². The van der Waals surface area contributed by atoms with Gasteiger partial charge in [-0.3, -0.25) is 0 Å². The first kappa shape index (κ1) is 26.5. The van der Waals surface area contributed by atoms with Crippen LogP contribution in [0.15, 0.2) is 59.8 Å². The number of nitrogens with zero attached hydrogens (tertiary/aromatic N) is 1. The van der Waals surface area contributed by atoms with Gasteiger partial charge < -0.3 is 14.3 Å². The molecule has 0 radical (unpaired) electrons. The molecule has 6 nitrogen and oxygen atoms in total. The Labute approximate surface area is 198 Å². The molecule has 0 atom stereocenters. The maximum atomic E-state index is 12.6. The van der Waals surface area contributed by atoms with Crippen molar-refractivity contribution in [1.29, 1.82) is 0 Å². The van der Waals surface area contributed by atoms with E-state index in [-0.39, 0.29) is 11.5 Å². The fraction of sp³-hybridized carbons (Fsp3) is 0.423. The van der Waals surface area contributed by atoms with Crippen molar-refractivity contribution < 1.29 is 22.7 Å². The molecule has 0 aliphatic rings. The van der Waals surface area contributed by atoms with Crippen LogP contribution in [0.2, 0.25) is 0 Å². The lowest BCUT2D eigenvalue weighted by molar-refractivity contribution is 0.213. The molecule has 0 fully saturated rings. The van der Waals surface area contributed by atoms with Crippen molar-refractivity contribution in [2.24, 2.45) is 5.16 Å². The second kappa shape index (κ2) is 13.7. The van der Waals surface area contributed by atoms with Crippen LogP contribution in [0.4, 0.5) is 0 Å². The minimum Gasteiger partial charge on any atom is -0.493 e. The summed E-state index contributed by atoms with van der Waals surface area (Å²) >= 11 is 0. The summed E-state index contributed by atoms with van der Waals surface area (Å²) in [5, 5.41) is 3.92. The molecule has 33 heavy (non-hydrogen) atoms. The van der Waals surface area contributed by atoms with E-state index in [0.717, 1.165) is 41.0 Å². The van der Waals surface area contributed by atoms with E-state index in [1.165, 1.54) is 7.11 Å². The van der Waals surface area contributed by atoms with E-state index in [4.69, 9.17) is 14.3 Å². The van der Waals surface area contributed by atoms with Crippen LogP contribution in [0.25, 0.3) is 0 Å². The standard InChI is InChI=1S/C26H35NO5S/c1-5-6-15-31-24-18-21(2)26(22(3)19-24)32-16-11-8-12-17-33(28,29)20-25(27-30-4)23-13-9-7-10-14-23/h5-7,9-10,13-14,18-19H,8,11-12,15-17,20H2,1-4H3/b6-5+,27-25?. The van der Waals surface area contributed by atoms with Crippen LogP contribution in [0, 0.1) is 13.8 Å². The van der Waals surface area contributed by atoms with Gasteiger partial charge in [-0.15, -0.1) is 0 Å². The first-order chi connectivity index (χ1) is 15.9. The largest absolute Gasteiger partial charge is 0.493 e. The zero-order chi connectivity index (χ0) is 24.1. The van der Waals surface area contributed by atoms with E-state index in [1.54, 1.807) is 0 Å². The van der Waals surface area contributed by atoms with E-state index in [9.17, 15) is 8.42 Å². The third kappa shape index (κ3) is 9.30. The number of hydrogen-bond acceptors (Lipinski definition) is 6. The van der Waals surface area contributed by atoms with Gasteiger partial charge in [0.15, 0.2) is 9.84 Å². The number of oxime groups is 1. The summed E-state index contributed by atoms with van der Waals surface area (Å²) in [4.78, 5) is 4.85. The Morgan fingerprint density at radius 2 is 1.70 bits per heavy atom. The Hall–Kier alpha value is -2.80. The highest BCUT2D eigenvalue weighted by Crippen LogP contribution is 2.28. The summed E-state index contributed by atoms with van der Waals surface area (Å²) in [6.45, 7) is 7.06. The first-order valence-corrected chi connectivity index (χ1v) is 13.0. The van der Waals surface area contributed by atoms with Crippen LogP contribution in [-0.2, 0) is 14.7 Å². The van der Waals surface area contributed by atoms with Gasteiger partial charge >= 0.3 is 0 Å². The van der Waals surface area contributed by atoms with Gasteiger partial charge in [0.2, 0.25) is 0 Å². The second-order valence-corrected chi connectivity index (χ2v) is 10.0. The summed E-state index contributed by atoms with van der Waals surface area (Å²) in [6.07, 6.45) is 6.05. The molecule has 180 valence electrons. The quantitative estimate of drug-likeness (QED) is 0.162. The molecule has 0 saturated carbocycles. The number of allylic oxidation sites excluding steroid dienone is 1. The highest BCUT2D eigenvalue weighted by atomic mass is 32.2. The van der Waals surface area contributed by atoms with Crippen LogP contribution in [0.3, 0.4) is 0 Å². The summed E-state index contributed by atoms with van der Waals surface area (Å²) < 4.78 is 36.8. The van der Waals surface area contributed by atoms with E-state index < -0.39 is 9.84 Å². The fourth-order valence-electron chi connectivity index (χ4n) is 3.42. The minimum atomic E-state index is -3.29. The first-order valence-electron chi connectivity index (χ1n) is 11.2. The molecule has 2 rings (SSSR count). The van der Waals surface area contributed by atoms with Gasteiger partial charge in [0.1, 0.15) is 30.9 Å². The molecule has 0 saturated heterocycles. The summed E-state index contributed by atoms with van der Waals surface area (Å²) in [7, 11) is -1.87. The average Bonchev–Trinajstić information content (AvgIpc) is 2.78. The third-order valence-corrected chi connectivity index (χ3v) is 6.65. The van der Waals surface area contributed by atoms with Gasteiger partial charge in [0.05, 0.1) is 18.1 Å². The smallest absolute Gasteiger partial charge is 0.156 e. The minimum absolute atomic E-state index is 0.110. The van der Waals surface area contributed by atoms with Crippen LogP contribution in [-0.4, -0.2) is 46.0 Å². The molecular weight excluding hydrogens is 438 g/mol. The van der Waals surface area contributed by atoms with Crippen LogP contribution >= 0.6 is 0 Å². The highest BCUT2D eigenvalue weighted by Gasteiger charge is 2.17. The van der Waals surface area contributed by atoms with Gasteiger partial charge in [-0.05, 0) is 63.3 Å². The highest BCUT2D eigenvalue weighted by molar-refractivity contribution is 7.92. The Morgan fingerprint density at radius 3 is 2.33 bits per heavy atom. The number of sulfone groups is 1. The van der Waals surface area contributed by atoms with Crippen molar-refractivity contribution in [3.05, 3.63) is 71.3 Å². The summed E-state index contributed by atoms with van der Waals surface area (Å²) in [5.74, 6) is 1.66. The van der Waals surface area contributed by atoms with Gasteiger partial charge in [-0.25, -0.2) is 8.42 Å². The summed E-state index contributed by atoms with van der Waals surface area (Å²) in [6, 6.07) is 13.2. The van der Waals surface area contributed by atoms with Crippen molar-refractivity contribution in [2.45, 2.75) is 40.0 Å². The molecule has 0 spiro atoms. The molecule has 0 aromatic heterocycles. The SMILES string of the molecule is C/C=C/COc1cc(C)c(OCCCCCS(=O)(=O)CC(=NOC)c2ccccc2)c(C)c1. The lowest BCUT2D eigenvalue weighted by Gasteiger charge is -2.14. The average molecular weight is 474 g/mol. The topological polar surface area (TPSA) is 74.2 Å². The molecule has 0 N–H and O–H groups in total. The maximum Gasteiger partial charge on any atom is 0.156 e. The number of unbranched alkanes of at least 4 members (excludes halogenated alkanes) is 2. The van der Waals surface area contributed by atoms with Gasteiger partial charge in [-0.1, -0.05) is 47.6 Å². The van der Waals surface area contributed by atoms with Crippen molar-refractivity contribution in [2.75, 3.05) is 31.8 Å². The molecule has 0 bridgehead atoms. The van der Waals surface area contributed by atoms with E-state index in [2.05, 4.69) is 5.16 Å². The van der Waals surface area contributed by atoms with Crippen molar-refractivity contribution in [1.82, 2.24) is 0 Å². The molecule has 2 aromatic carbocycles. The van der Waals surface area contributed by atoms with Crippen LogP contribution in [0.1, 0.15) is 42.9 Å². The van der Waals surface area contributed by atoms with E-state index >= 15 is 0 Å². The number of ether oxygens (including phenoxy) is 2. The molecule has 0 unspecified atom stereocenters. The summed E-state index contributed by atoms with van der Waals surface area (Å²) in [5.41, 5.74) is 3.23. The molecule has 7 heteroatoms. The number of benzene rings is 2. The fourth-order valence-corrected chi connectivity index (χ4v) is 4.85. The Balaban J connectivity index is 1.78. The Kier molecular flexibility index (Phi) is 11.0. The zero-order valence-electron chi connectivity index (χ0n) is 20.0. The molecular formula is C26H35NO5S. The predicted octanol–water partition coefficient (Wildman–Crippen LogP) is 5.27. The van der Waals surface area contributed by atoms with Gasteiger partial charge in [0, 0.05) is 5.56 Å². The van der Waals surface area contributed by atoms with Crippen LogP contribution in [0.5, 0.6) is 11.5 Å². The molecule has 0 amide bonds. The van der Waals surface area contributed by atoms with Crippen molar-refractivity contribution in [3.8, 4) is 11.5 Å². The van der Waals surface area contributed by atoms with E-state index in [0.29, 0.717) is 25.3 Å². The Morgan fingerprint density at radius 1 is 1.00 bits per heavy atom. The third-order valence-electron chi connectivity index (χ3n) is 5.03. The molecule has 0 aliphatic carbocycles. The molecule has 2 aromatic rings. The van der Waals surface area contributed by atoms with Gasteiger partial charge in [0.25, 0.3) is 0 Å². The monoisotopic (exact) mass is 473 g/mol. The molecule has 0 aliphatic heterocycles. The van der Waals surface area contributed by atoms with Crippen molar-refractivity contribution in [3.63, 3.8) is 0 Å². The van der Waals surface area contributed by atoms with Gasteiger partial charge in [-0.2, -0.15) is 0 Å². The number of aryl methyl sites for hydroxylation is 2.